The van der Waals surface area contributed by atoms with E-state index in [1.165, 1.54) is 11.3 Å². The Morgan fingerprint density at radius 3 is 2.73 bits per heavy atom. The summed E-state index contributed by atoms with van der Waals surface area (Å²) in [6.07, 6.45) is 0. The van der Waals surface area contributed by atoms with E-state index in [2.05, 4.69) is 15.6 Å². The lowest BCUT2D eigenvalue weighted by Gasteiger charge is -2.20. The fourth-order valence-electron chi connectivity index (χ4n) is 2.27. The Bertz CT molecular complexity index is 687. The van der Waals surface area contributed by atoms with Crippen LogP contribution < -0.4 is 20.1 Å². The summed E-state index contributed by atoms with van der Waals surface area (Å²) in [5.74, 6) is 2.17. The molecule has 3 N–H and O–H groups in total. The molecule has 2 aromatic rings. The van der Waals surface area contributed by atoms with Crippen LogP contribution in [0, 0.1) is 0 Å². The van der Waals surface area contributed by atoms with Crippen molar-refractivity contribution in [3.8, 4) is 11.5 Å². The molecule has 0 bridgehead atoms. The number of nitrogens with zero attached hydrogens (tertiary/aromatic N) is 1. The van der Waals surface area contributed by atoms with E-state index in [1.54, 1.807) is 14.0 Å². The summed E-state index contributed by atoms with van der Waals surface area (Å²) in [7, 11) is 1.63. The molecule has 0 aliphatic rings. The minimum absolute atomic E-state index is 0.277. The molecule has 0 fully saturated rings. The van der Waals surface area contributed by atoms with Crippen LogP contribution in [0.25, 0.3) is 0 Å². The van der Waals surface area contributed by atoms with E-state index in [1.807, 2.05) is 48.7 Å². The van der Waals surface area contributed by atoms with E-state index in [4.69, 9.17) is 9.47 Å². The Morgan fingerprint density at radius 1 is 1.23 bits per heavy atom. The monoisotopic (exact) mass is 377 g/mol. The molecule has 1 aromatic heterocycles. The van der Waals surface area contributed by atoms with Gasteiger partial charge in [0.05, 0.1) is 20.2 Å². The van der Waals surface area contributed by atoms with Crippen LogP contribution in [-0.4, -0.2) is 44.4 Å². The number of nitrogens with one attached hydrogen (secondary N) is 2. The average Bonchev–Trinajstić information content (AvgIpc) is 3.19. The van der Waals surface area contributed by atoms with Crippen LogP contribution in [0.2, 0.25) is 0 Å². The largest absolute Gasteiger partial charge is 0.497 e. The van der Waals surface area contributed by atoms with Gasteiger partial charge in [-0.1, -0.05) is 12.1 Å². The number of hydrogen-bond acceptors (Lipinski definition) is 5. The van der Waals surface area contributed by atoms with Gasteiger partial charge in [-0.05, 0) is 37.4 Å². The molecule has 1 aromatic carbocycles. The van der Waals surface area contributed by atoms with Crippen LogP contribution in [0.15, 0.2) is 46.8 Å². The molecule has 26 heavy (non-hydrogen) atoms. The van der Waals surface area contributed by atoms with E-state index in [-0.39, 0.29) is 6.54 Å². The van der Waals surface area contributed by atoms with Crippen molar-refractivity contribution < 1.29 is 14.6 Å². The Labute approximate surface area is 158 Å². The molecule has 6 nitrogen and oxygen atoms in total. The Balaban J connectivity index is 1.83. The molecule has 0 radical (unpaired) electrons. The third-order valence-electron chi connectivity index (χ3n) is 3.65. The van der Waals surface area contributed by atoms with Gasteiger partial charge < -0.3 is 25.2 Å². The highest BCUT2D eigenvalue weighted by atomic mass is 32.1. The summed E-state index contributed by atoms with van der Waals surface area (Å²) in [5.41, 5.74) is -0.979. The van der Waals surface area contributed by atoms with E-state index in [9.17, 15) is 5.11 Å². The molecular weight excluding hydrogens is 350 g/mol. The molecule has 0 saturated heterocycles. The van der Waals surface area contributed by atoms with E-state index < -0.39 is 5.60 Å². The lowest BCUT2D eigenvalue weighted by molar-refractivity contribution is 0.0711. The molecule has 0 amide bonds. The van der Waals surface area contributed by atoms with Crippen molar-refractivity contribution in [2.24, 2.45) is 4.99 Å². The van der Waals surface area contributed by atoms with E-state index >= 15 is 0 Å². The van der Waals surface area contributed by atoms with Gasteiger partial charge >= 0.3 is 0 Å². The van der Waals surface area contributed by atoms with E-state index in [0.29, 0.717) is 19.1 Å². The Morgan fingerprint density at radius 2 is 2.04 bits per heavy atom. The van der Waals surface area contributed by atoms with Crippen molar-refractivity contribution in [3.05, 3.63) is 46.7 Å². The zero-order valence-corrected chi connectivity index (χ0v) is 16.3. The van der Waals surface area contributed by atoms with Gasteiger partial charge in [0.2, 0.25) is 0 Å². The second-order valence-corrected chi connectivity index (χ2v) is 6.85. The maximum absolute atomic E-state index is 10.6. The van der Waals surface area contributed by atoms with Crippen molar-refractivity contribution in [1.29, 1.82) is 0 Å². The van der Waals surface area contributed by atoms with Gasteiger partial charge in [0.1, 0.15) is 23.7 Å². The number of aliphatic hydroxyl groups is 1. The maximum atomic E-state index is 10.6. The van der Waals surface area contributed by atoms with E-state index in [0.717, 1.165) is 22.9 Å². The van der Waals surface area contributed by atoms with Crippen LogP contribution in [0.1, 0.15) is 18.7 Å². The fraction of sp³-hybridized carbons (Fsp3) is 0.421. The second kappa shape index (κ2) is 10.0. The minimum atomic E-state index is -0.979. The SMILES string of the molecule is CCNC(=NCC(C)(O)c1cccs1)NCCOc1cccc(OC)c1. The first-order valence-electron chi connectivity index (χ1n) is 8.60. The van der Waals surface area contributed by atoms with Gasteiger partial charge in [-0.15, -0.1) is 11.3 Å². The fourth-order valence-corrected chi connectivity index (χ4v) is 3.05. The number of rotatable bonds is 9. The summed E-state index contributed by atoms with van der Waals surface area (Å²) in [6.45, 7) is 5.87. The third-order valence-corrected chi connectivity index (χ3v) is 4.77. The summed E-state index contributed by atoms with van der Waals surface area (Å²) >= 11 is 1.53. The maximum Gasteiger partial charge on any atom is 0.191 e. The second-order valence-electron chi connectivity index (χ2n) is 5.90. The van der Waals surface area contributed by atoms with Gasteiger partial charge in [-0.3, -0.25) is 0 Å². The summed E-state index contributed by atoms with van der Waals surface area (Å²) in [4.78, 5) is 5.39. The van der Waals surface area contributed by atoms with Crippen LogP contribution in [-0.2, 0) is 5.60 Å². The number of aliphatic imine (C=N–C) groups is 1. The first-order chi connectivity index (χ1) is 12.5. The third kappa shape index (κ3) is 6.24. The molecular formula is C19H27N3O3S. The molecule has 1 unspecified atom stereocenters. The van der Waals surface area contributed by atoms with Gasteiger partial charge in [0.25, 0.3) is 0 Å². The highest BCUT2D eigenvalue weighted by Gasteiger charge is 2.23. The first-order valence-corrected chi connectivity index (χ1v) is 9.48. The molecule has 0 aliphatic heterocycles. The lowest BCUT2D eigenvalue weighted by Crippen LogP contribution is -2.40. The van der Waals surface area contributed by atoms with Crippen molar-refractivity contribution in [1.82, 2.24) is 10.6 Å². The highest BCUT2D eigenvalue weighted by Crippen LogP contribution is 2.25. The predicted octanol–water partition coefficient (Wildman–Crippen LogP) is 2.60. The number of ether oxygens (including phenoxy) is 2. The number of guanidine groups is 1. The quantitative estimate of drug-likeness (QED) is 0.356. The molecule has 0 spiro atoms. The average molecular weight is 378 g/mol. The predicted molar refractivity (Wildman–Crippen MR) is 106 cm³/mol. The van der Waals surface area contributed by atoms with Crippen molar-refractivity contribution in [2.45, 2.75) is 19.4 Å². The zero-order valence-electron chi connectivity index (χ0n) is 15.5. The molecule has 1 atom stereocenters. The first kappa shape index (κ1) is 20.1. The molecule has 0 aliphatic carbocycles. The smallest absolute Gasteiger partial charge is 0.191 e. The molecule has 0 saturated carbocycles. The molecule has 142 valence electrons. The Kier molecular flexibility index (Phi) is 7.74. The van der Waals surface area contributed by atoms with Gasteiger partial charge in [-0.25, -0.2) is 4.99 Å². The zero-order chi connectivity index (χ0) is 18.8. The number of thiophene rings is 1. The molecule has 2 rings (SSSR count). The molecule has 1 heterocycles. The topological polar surface area (TPSA) is 75.1 Å². The van der Waals surface area contributed by atoms with Crippen LogP contribution in [0.5, 0.6) is 11.5 Å². The van der Waals surface area contributed by atoms with Crippen molar-refractivity contribution in [2.75, 3.05) is 33.4 Å². The minimum Gasteiger partial charge on any atom is -0.497 e. The van der Waals surface area contributed by atoms with Crippen LogP contribution in [0.3, 0.4) is 0 Å². The number of hydrogen-bond donors (Lipinski definition) is 3. The van der Waals surface area contributed by atoms with Gasteiger partial charge in [-0.2, -0.15) is 0 Å². The standard InChI is InChI=1S/C19H27N3O3S/c1-4-20-18(22-14-19(2,23)17-9-6-12-26-17)21-10-11-25-16-8-5-7-15(13-16)24-3/h5-9,12-13,23H,4,10-11,14H2,1-3H3,(H2,20,21,22). The summed E-state index contributed by atoms with van der Waals surface area (Å²) in [5, 5.41) is 18.9. The summed E-state index contributed by atoms with van der Waals surface area (Å²) < 4.78 is 10.9. The van der Waals surface area contributed by atoms with Gasteiger partial charge in [0, 0.05) is 17.5 Å². The van der Waals surface area contributed by atoms with Crippen LogP contribution >= 0.6 is 11.3 Å². The van der Waals surface area contributed by atoms with Crippen molar-refractivity contribution in [3.63, 3.8) is 0 Å². The summed E-state index contributed by atoms with van der Waals surface area (Å²) in [6, 6.07) is 11.3. The Hall–Kier alpha value is -2.25. The van der Waals surface area contributed by atoms with Crippen molar-refractivity contribution >= 4 is 17.3 Å². The normalized spacial score (nSPS) is 13.8. The number of benzene rings is 1. The van der Waals surface area contributed by atoms with Gasteiger partial charge in [0.15, 0.2) is 5.96 Å². The molecule has 7 heteroatoms. The van der Waals surface area contributed by atoms with Crippen LogP contribution in [0.4, 0.5) is 0 Å². The number of methoxy groups -OCH3 is 1. The lowest BCUT2D eigenvalue weighted by atomic mass is 10.1. The highest BCUT2D eigenvalue weighted by molar-refractivity contribution is 7.10.